The highest BCUT2D eigenvalue weighted by molar-refractivity contribution is 9.10. The summed E-state index contributed by atoms with van der Waals surface area (Å²) < 4.78 is 0.819. The summed E-state index contributed by atoms with van der Waals surface area (Å²) in [6.07, 6.45) is 0.344. The Labute approximate surface area is 118 Å². The third-order valence-electron chi connectivity index (χ3n) is 2.85. The number of rotatable bonds is 2. The molecule has 1 N–H and O–H groups in total. The minimum absolute atomic E-state index is 0.0437. The number of hydrogen-bond acceptors (Lipinski definition) is 2. The number of likely N-dealkylation sites (tertiary alicyclic amines) is 1. The van der Waals surface area contributed by atoms with E-state index in [9.17, 15) is 9.59 Å². The molecule has 1 unspecified atom stereocenters. The molecule has 2 rings (SSSR count). The molecule has 1 aliphatic heterocycles. The highest BCUT2D eigenvalue weighted by Crippen LogP contribution is 2.21. The van der Waals surface area contributed by atoms with Crippen molar-refractivity contribution in [3.63, 3.8) is 0 Å². The molecule has 96 valence electrons. The van der Waals surface area contributed by atoms with Gasteiger partial charge in [-0.25, -0.2) is 0 Å². The van der Waals surface area contributed by atoms with E-state index >= 15 is 0 Å². The van der Waals surface area contributed by atoms with Crippen LogP contribution in [0.5, 0.6) is 0 Å². The Morgan fingerprint density at radius 2 is 2.28 bits per heavy atom. The molecule has 0 saturated carbocycles. The van der Waals surface area contributed by atoms with Gasteiger partial charge in [0.15, 0.2) is 0 Å². The van der Waals surface area contributed by atoms with E-state index in [1.807, 2.05) is 0 Å². The number of nitrogens with one attached hydrogen (secondary N) is 1. The van der Waals surface area contributed by atoms with Crippen molar-refractivity contribution in [3.05, 3.63) is 33.3 Å². The molecule has 1 aliphatic rings. The zero-order valence-electron chi connectivity index (χ0n) is 9.74. The van der Waals surface area contributed by atoms with Gasteiger partial charge < -0.3 is 10.2 Å². The Kier molecular flexibility index (Phi) is 3.92. The van der Waals surface area contributed by atoms with Crippen molar-refractivity contribution < 1.29 is 9.59 Å². The van der Waals surface area contributed by atoms with Crippen LogP contribution in [0.3, 0.4) is 0 Å². The SMILES string of the molecule is CN1CC(NC(=O)c2ccc(Br)cc2Cl)CC1=O. The first-order valence-corrected chi connectivity index (χ1v) is 6.64. The predicted molar refractivity (Wildman–Crippen MR) is 72.7 cm³/mol. The lowest BCUT2D eigenvalue weighted by molar-refractivity contribution is -0.126. The molecule has 18 heavy (non-hydrogen) atoms. The van der Waals surface area contributed by atoms with Crippen molar-refractivity contribution in [2.24, 2.45) is 0 Å². The van der Waals surface area contributed by atoms with Gasteiger partial charge in [0.05, 0.1) is 16.6 Å². The summed E-state index contributed by atoms with van der Waals surface area (Å²) in [5.74, 6) is -0.206. The van der Waals surface area contributed by atoms with Gasteiger partial charge in [-0.1, -0.05) is 27.5 Å². The van der Waals surface area contributed by atoms with Crippen molar-refractivity contribution >= 4 is 39.3 Å². The molecule has 2 amide bonds. The lowest BCUT2D eigenvalue weighted by Gasteiger charge is -2.13. The van der Waals surface area contributed by atoms with Crippen molar-refractivity contribution in [1.82, 2.24) is 10.2 Å². The number of halogens is 2. The maximum atomic E-state index is 12.0. The van der Waals surface area contributed by atoms with Crippen LogP contribution in [0, 0.1) is 0 Å². The zero-order chi connectivity index (χ0) is 13.3. The number of carbonyl (C=O) groups excluding carboxylic acids is 2. The van der Waals surface area contributed by atoms with Crippen molar-refractivity contribution in [2.45, 2.75) is 12.5 Å². The molecule has 1 saturated heterocycles. The largest absolute Gasteiger partial charge is 0.347 e. The van der Waals surface area contributed by atoms with Gasteiger partial charge in [-0.3, -0.25) is 9.59 Å². The van der Waals surface area contributed by atoms with Gasteiger partial charge in [0.1, 0.15) is 0 Å². The van der Waals surface area contributed by atoms with Gasteiger partial charge in [0, 0.05) is 24.5 Å². The van der Waals surface area contributed by atoms with Crippen molar-refractivity contribution in [1.29, 1.82) is 0 Å². The van der Waals surface area contributed by atoms with Crippen LogP contribution in [0.25, 0.3) is 0 Å². The lowest BCUT2D eigenvalue weighted by Crippen LogP contribution is -2.36. The number of hydrogen-bond donors (Lipinski definition) is 1. The van der Waals surface area contributed by atoms with E-state index in [0.29, 0.717) is 23.6 Å². The van der Waals surface area contributed by atoms with Gasteiger partial charge in [-0.2, -0.15) is 0 Å². The normalized spacial score (nSPS) is 19.2. The molecule has 6 heteroatoms. The first-order chi connectivity index (χ1) is 8.47. The summed E-state index contributed by atoms with van der Waals surface area (Å²) >= 11 is 9.28. The standard InChI is InChI=1S/C12H12BrClN2O2/c1-16-6-8(5-11(16)17)15-12(18)9-3-2-7(13)4-10(9)14/h2-4,8H,5-6H2,1H3,(H,15,18). The highest BCUT2D eigenvalue weighted by atomic mass is 79.9. The molecule has 1 aromatic rings. The molecule has 1 fully saturated rings. The van der Waals surface area contributed by atoms with Gasteiger partial charge >= 0.3 is 0 Å². The smallest absolute Gasteiger partial charge is 0.253 e. The van der Waals surface area contributed by atoms with Crippen molar-refractivity contribution in [3.8, 4) is 0 Å². The van der Waals surface area contributed by atoms with E-state index < -0.39 is 0 Å². The molecule has 0 bridgehead atoms. The topological polar surface area (TPSA) is 49.4 Å². The summed E-state index contributed by atoms with van der Waals surface area (Å²) in [5, 5.41) is 3.20. The summed E-state index contributed by atoms with van der Waals surface area (Å²) in [5.41, 5.74) is 0.418. The molecular weight excluding hydrogens is 320 g/mol. The molecule has 1 atom stereocenters. The number of nitrogens with zero attached hydrogens (tertiary/aromatic N) is 1. The summed E-state index contributed by atoms with van der Waals surface area (Å²) in [6.45, 7) is 0.540. The second-order valence-corrected chi connectivity index (χ2v) is 5.60. The Morgan fingerprint density at radius 1 is 1.56 bits per heavy atom. The Bertz CT molecular complexity index is 507. The number of amides is 2. The van der Waals surface area contributed by atoms with Crippen LogP contribution in [-0.2, 0) is 4.79 Å². The lowest BCUT2D eigenvalue weighted by atomic mass is 10.2. The number of benzene rings is 1. The number of carbonyl (C=O) groups is 2. The fraction of sp³-hybridized carbons (Fsp3) is 0.333. The maximum Gasteiger partial charge on any atom is 0.253 e. The Morgan fingerprint density at radius 3 is 2.83 bits per heavy atom. The Balaban J connectivity index is 2.06. The van der Waals surface area contributed by atoms with Gasteiger partial charge in [-0.15, -0.1) is 0 Å². The monoisotopic (exact) mass is 330 g/mol. The maximum absolute atomic E-state index is 12.0. The van der Waals surface area contributed by atoms with Crippen LogP contribution in [0.4, 0.5) is 0 Å². The molecule has 1 heterocycles. The first-order valence-electron chi connectivity index (χ1n) is 5.47. The minimum Gasteiger partial charge on any atom is -0.347 e. The van der Waals surface area contributed by atoms with Crippen LogP contribution < -0.4 is 5.32 Å². The summed E-state index contributed by atoms with van der Waals surface area (Å²) in [6, 6.07) is 4.94. The van der Waals surface area contributed by atoms with Crippen LogP contribution in [0.15, 0.2) is 22.7 Å². The van der Waals surface area contributed by atoms with E-state index in [4.69, 9.17) is 11.6 Å². The fourth-order valence-corrected chi connectivity index (χ4v) is 2.66. The van der Waals surface area contributed by atoms with E-state index in [1.54, 1.807) is 30.1 Å². The molecule has 0 radical (unpaired) electrons. The molecule has 0 aromatic heterocycles. The molecule has 4 nitrogen and oxygen atoms in total. The summed E-state index contributed by atoms with van der Waals surface area (Å²) in [4.78, 5) is 25.0. The van der Waals surface area contributed by atoms with Crippen LogP contribution in [-0.4, -0.2) is 36.3 Å². The second-order valence-electron chi connectivity index (χ2n) is 4.27. The van der Waals surface area contributed by atoms with Gasteiger partial charge in [0.2, 0.25) is 5.91 Å². The molecule has 1 aromatic carbocycles. The fourth-order valence-electron chi connectivity index (χ4n) is 1.90. The van der Waals surface area contributed by atoms with Crippen LogP contribution in [0.1, 0.15) is 16.8 Å². The van der Waals surface area contributed by atoms with Crippen molar-refractivity contribution in [2.75, 3.05) is 13.6 Å². The Hall–Kier alpha value is -1.07. The quantitative estimate of drug-likeness (QED) is 0.902. The highest BCUT2D eigenvalue weighted by Gasteiger charge is 2.28. The van der Waals surface area contributed by atoms with Gasteiger partial charge in [0.25, 0.3) is 5.91 Å². The molecular formula is C12H12BrClN2O2. The minimum atomic E-state index is -0.249. The second kappa shape index (κ2) is 5.28. The number of likely N-dealkylation sites (N-methyl/N-ethyl adjacent to an activating group) is 1. The first kappa shape index (κ1) is 13.4. The van der Waals surface area contributed by atoms with E-state index in [1.165, 1.54) is 0 Å². The van der Waals surface area contributed by atoms with E-state index in [-0.39, 0.29) is 17.9 Å². The van der Waals surface area contributed by atoms with E-state index in [2.05, 4.69) is 21.2 Å². The van der Waals surface area contributed by atoms with Gasteiger partial charge in [-0.05, 0) is 18.2 Å². The average Bonchev–Trinajstić information content (AvgIpc) is 2.57. The molecule has 0 aliphatic carbocycles. The zero-order valence-corrected chi connectivity index (χ0v) is 12.1. The predicted octanol–water partition coefficient (Wildman–Crippen LogP) is 2.06. The third kappa shape index (κ3) is 2.84. The van der Waals surface area contributed by atoms with Crippen LogP contribution in [0.2, 0.25) is 5.02 Å². The average molecular weight is 332 g/mol. The van der Waals surface area contributed by atoms with Crippen LogP contribution >= 0.6 is 27.5 Å². The van der Waals surface area contributed by atoms with E-state index in [0.717, 1.165) is 4.47 Å². The third-order valence-corrected chi connectivity index (χ3v) is 3.66. The molecule has 0 spiro atoms. The summed E-state index contributed by atoms with van der Waals surface area (Å²) in [7, 11) is 1.72.